The summed E-state index contributed by atoms with van der Waals surface area (Å²) in [5.41, 5.74) is 5.59. The van der Waals surface area contributed by atoms with Gasteiger partial charge in [-0.1, -0.05) is 38.1 Å². The number of allylic oxidation sites excluding steroid dienone is 1. The van der Waals surface area contributed by atoms with Crippen molar-refractivity contribution in [3.8, 4) is 12.1 Å². The van der Waals surface area contributed by atoms with Crippen molar-refractivity contribution in [3.63, 3.8) is 0 Å². The summed E-state index contributed by atoms with van der Waals surface area (Å²) in [6.45, 7) is 17.5. The number of aromatic nitrogens is 2. The second kappa shape index (κ2) is 14.5. The van der Waals surface area contributed by atoms with E-state index in [4.69, 9.17) is 9.47 Å². The molecule has 4 aromatic rings. The Morgan fingerprint density at radius 2 is 1.20 bits per heavy atom. The molecule has 6 rings (SSSR count). The van der Waals surface area contributed by atoms with Crippen LogP contribution in [0.4, 0.5) is 11.4 Å². The molecule has 0 bridgehead atoms. The van der Waals surface area contributed by atoms with Crippen LogP contribution >= 0.6 is 0 Å². The topological polar surface area (TPSA) is 138 Å². The Morgan fingerprint density at radius 1 is 0.780 bits per heavy atom. The first-order valence-electron chi connectivity index (χ1n) is 17.2. The maximum absolute atomic E-state index is 12.4. The highest BCUT2D eigenvalue weighted by Gasteiger charge is 2.33. The fraction of sp³-hybridized carbons (Fsp3) is 0.450. The third-order valence-corrected chi connectivity index (χ3v) is 10.6. The number of hydrogen-bond donors (Lipinski definition) is 2. The van der Waals surface area contributed by atoms with Crippen LogP contribution in [0.2, 0.25) is 0 Å². The van der Waals surface area contributed by atoms with Gasteiger partial charge >= 0.3 is 0 Å². The average Bonchev–Trinajstić information content (AvgIpc) is 3.11. The van der Waals surface area contributed by atoms with Crippen LogP contribution in [0.3, 0.4) is 0 Å². The van der Waals surface area contributed by atoms with E-state index >= 15 is 0 Å². The van der Waals surface area contributed by atoms with Crippen LogP contribution in [-0.4, -0.2) is 61.6 Å². The second-order valence-corrected chi connectivity index (χ2v) is 14.4. The molecule has 0 unspecified atom stereocenters. The number of fused-ring (bicyclic) bond motifs is 2. The lowest BCUT2D eigenvalue weighted by Crippen LogP contribution is -2.44. The summed E-state index contributed by atoms with van der Waals surface area (Å²) in [6, 6.07) is 16.1. The summed E-state index contributed by atoms with van der Waals surface area (Å²) < 4.78 is 11.2. The van der Waals surface area contributed by atoms with E-state index in [9.17, 15) is 20.1 Å². The number of piperidine rings is 2. The molecule has 0 saturated carbocycles. The molecule has 2 aromatic heterocycles. The number of hydrogen-bond acceptors (Lipinski definition) is 8. The number of pyridine rings is 2. The molecule has 0 atom stereocenters. The Kier molecular flexibility index (Phi) is 10.6. The van der Waals surface area contributed by atoms with Crippen LogP contribution in [-0.2, 0) is 9.47 Å². The van der Waals surface area contributed by atoms with Gasteiger partial charge in [0.1, 0.15) is 23.3 Å². The van der Waals surface area contributed by atoms with E-state index in [1.807, 2.05) is 37.3 Å². The van der Waals surface area contributed by atoms with Gasteiger partial charge in [-0.25, -0.2) is 0 Å². The second-order valence-electron chi connectivity index (χ2n) is 14.4. The van der Waals surface area contributed by atoms with Gasteiger partial charge in [0.25, 0.3) is 11.1 Å². The molecule has 2 aromatic carbocycles. The zero-order chi connectivity index (χ0) is 36.4. The number of methoxy groups -OCH3 is 2. The van der Waals surface area contributed by atoms with Gasteiger partial charge < -0.3 is 29.2 Å². The van der Waals surface area contributed by atoms with Crippen LogP contribution in [0.1, 0.15) is 88.5 Å². The number of nitrogens with zero attached hydrogens (tertiary/aromatic N) is 4. The lowest BCUT2D eigenvalue weighted by Gasteiger charge is -2.40. The quantitative estimate of drug-likeness (QED) is 0.223. The fourth-order valence-electron chi connectivity index (χ4n) is 6.87. The maximum atomic E-state index is 12.4. The molecule has 2 aliphatic rings. The highest BCUT2D eigenvalue weighted by atomic mass is 16.5. The van der Waals surface area contributed by atoms with Crippen molar-refractivity contribution in [1.82, 2.24) is 9.97 Å². The molecule has 2 saturated heterocycles. The van der Waals surface area contributed by atoms with Gasteiger partial charge in [0.05, 0.1) is 33.6 Å². The van der Waals surface area contributed by atoms with Crippen LogP contribution in [0, 0.1) is 22.7 Å². The van der Waals surface area contributed by atoms with Gasteiger partial charge in [0, 0.05) is 51.2 Å². The molecular weight excluding hydrogens is 628 g/mol. The first kappa shape index (κ1) is 36.4. The first-order chi connectivity index (χ1) is 23.8. The molecule has 10 nitrogen and oxygen atoms in total. The number of rotatable bonds is 6. The third kappa shape index (κ3) is 7.19. The van der Waals surface area contributed by atoms with Crippen LogP contribution in [0.15, 0.2) is 52.6 Å². The van der Waals surface area contributed by atoms with Crippen LogP contribution in [0.5, 0.6) is 0 Å². The van der Waals surface area contributed by atoms with Crippen LogP contribution < -0.4 is 20.9 Å². The van der Waals surface area contributed by atoms with E-state index in [1.165, 1.54) is 5.56 Å². The zero-order valence-corrected chi connectivity index (χ0v) is 30.3. The Morgan fingerprint density at radius 3 is 1.58 bits per heavy atom. The number of aromatic amines is 2. The molecular formula is C40H48N6O4. The third-order valence-electron chi connectivity index (χ3n) is 10.6. The van der Waals surface area contributed by atoms with E-state index in [0.717, 1.165) is 96.2 Å². The summed E-state index contributed by atoms with van der Waals surface area (Å²) in [6.07, 6.45) is 3.44. The van der Waals surface area contributed by atoms with E-state index in [0.29, 0.717) is 5.92 Å². The van der Waals surface area contributed by atoms with Crippen molar-refractivity contribution in [2.75, 3.05) is 50.2 Å². The minimum Gasteiger partial charge on any atom is -0.378 e. The molecule has 0 spiro atoms. The molecule has 4 heterocycles. The number of nitriles is 2. The molecule has 2 fully saturated rings. The van der Waals surface area contributed by atoms with Crippen molar-refractivity contribution < 1.29 is 9.47 Å². The summed E-state index contributed by atoms with van der Waals surface area (Å²) in [5, 5.41) is 21.0. The van der Waals surface area contributed by atoms with E-state index in [-0.39, 0.29) is 33.4 Å². The van der Waals surface area contributed by atoms with Gasteiger partial charge in [-0.2, -0.15) is 10.5 Å². The summed E-state index contributed by atoms with van der Waals surface area (Å²) >= 11 is 0. The number of ether oxygens (including phenoxy) is 2. The molecule has 50 heavy (non-hydrogen) atoms. The van der Waals surface area contributed by atoms with Gasteiger partial charge in [0.15, 0.2) is 0 Å². The molecule has 0 radical (unpaired) electrons. The monoisotopic (exact) mass is 676 g/mol. The molecule has 2 N–H and O–H groups in total. The van der Waals surface area contributed by atoms with Gasteiger partial charge in [-0.05, 0) is 87.8 Å². The highest BCUT2D eigenvalue weighted by Crippen LogP contribution is 2.36. The summed E-state index contributed by atoms with van der Waals surface area (Å²) in [7, 11) is 3.48. The van der Waals surface area contributed by atoms with E-state index in [1.54, 1.807) is 14.2 Å². The number of nitrogens with one attached hydrogen (secondary N) is 2. The minimum absolute atomic E-state index is 0.136. The molecule has 2 aliphatic heterocycles. The predicted octanol–water partition coefficient (Wildman–Crippen LogP) is 6.97. The molecule has 0 amide bonds. The van der Waals surface area contributed by atoms with Crippen molar-refractivity contribution >= 4 is 38.8 Å². The predicted molar refractivity (Wildman–Crippen MR) is 201 cm³/mol. The highest BCUT2D eigenvalue weighted by molar-refractivity contribution is 5.97. The minimum atomic E-state index is -0.340. The SMILES string of the molecule is C=C(C)c1ccc2[nH]c(=O)c(C#N)c(N3CCC(C)(OC)CC3)c2c1.COC1(C)CCN(c2c(C#N)c(=O)[nH]c3ccc(C(C)C)cc23)CC1. The van der Waals surface area contributed by atoms with Gasteiger partial charge in [-0.15, -0.1) is 0 Å². The smallest absolute Gasteiger partial charge is 0.268 e. The van der Waals surface area contributed by atoms with Crippen molar-refractivity contribution in [1.29, 1.82) is 10.5 Å². The van der Waals surface area contributed by atoms with Crippen molar-refractivity contribution in [2.24, 2.45) is 0 Å². The maximum Gasteiger partial charge on any atom is 0.268 e. The Labute approximate surface area is 293 Å². The number of H-pyrrole nitrogens is 2. The van der Waals surface area contributed by atoms with Crippen molar-refractivity contribution in [3.05, 3.63) is 85.9 Å². The lowest BCUT2D eigenvalue weighted by molar-refractivity contribution is -0.0134. The Bertz CT molecular complexity index is 2120. The molecule has 262 valence electrons. The molecule has 0 aliphatic carbocycles. The lowest BCUT2D eigenvalue weighted by atomic mass is 9.92. The first-order valence-corrected chi connectivity index (χ1v) is 17.2. The largest absolute Gasteiger partial charge is 0.378 e. The standard InChI is InChI=1S/C20H25N3O2.C20H23N3O2/c2*1-13(2)14-5-6-17-15(11-14)18(16(12-21)19(24)22-17)23-9-7-20(3,25-4)8-10-23/h5-6,11,13H,7-10H2,1-4H3,(H,22,24);5-6,11H,1,7-10H2,2-4H3,(H,22,24). The van der Waals surface area contributed by atoms with Crippen molar-refractivity contribution in [2.45, 2.75) is 77.4 Å². The molecule has 10 heteroatoms. The summed E-state index contributed by atoms with van der Waals surface area (Å²) in [5.74, 6) is 0.382. The van der Waals surface area contributed by atoms with E-state index < -0.39 is 0 Å². The average molecular weight is 677 g/mol. The number of benzene rings is 2. The van der Waals surface area contributed by atoms with Gasteiger partial charge in [-0.3, -0.25) is 9.59 Å². The summed E-state index contributed by atoms with van der Waals surface area (Å²) in [4.78, 5) is 34.8. The fourth-order valence-corrected chi connectivity index (χ4v) is 6.87. The normalized spacial score (nSPS) is 16.8. The van der Waals surface area contributed by atoms with Gasteiger partial charge in [0.2, 0.25) is 0 Å². The zero-order valence-electron chi connectivity index (χ0n) is 30.3. The van der Waals surface area contributed by atoms with E-state index in [2.05, 4.69) is 72.2 Å². The Balaban J connectivity index is 0.000000194. The Hall–Kier alpha value is -4.90. The van der Waals surface area contributed by atoms with Crippen LogP contribution in [0.25, 0.3) is 27.4 Å². The number of anilines is 2.